The molecular formula is C16H19N5O4. The molecule has 0 spiro atoms. The number of anilines is 1. The summed E-state index contributed by atoms with van der Waals surface area (Å²) in [5, 5.41) is 17.8. The van der Waals surface area contributed by atoms with Gasteiger partial charge in [0, 0.05) is 31.6 Å². The molecule has 9 heteroatoms. The summed E-state index contributed by atoms with van der Waals surface area (Å²) in [5.41, 5.74) is 1.11. The summed E-state index contributed by atoms with van der Waals surface area (Å²) in [7, 11) is 0. The van der Waals surface area contributed by atoms with Crippen LogP contribution in [0, 0.1) is 17.0 Å². The minimum Gasteiger partial charge on any atom is -0.365 e. The van der Waals surface area contributed by atoms with Crippen molar-refractivity contribution in [2.45, 2.75) is 32.7 Å². The van der Waals surface area contributed by atoms with Crippen molar-refractivity contribution in [3.63, 3.8) is 0 Å². The van der Waals surface area contributed by atoms with E-state index in [0.717, 1.165) is 6.42 Å². The van der Waals surface area contributed by atoms with Crippen molar-refractivity contribution in [2.24, 2.45) is 0 Å². The monoisotopic (exact) mass is 345 g/mol. The van der Waals surface area contributed by atoms with Gasteiger partial charge in [0.05, 0.1) is 10.6 Å². The Morgan fingerprint density at radius 1 is 1.52 bits per heavy atom. The number of nitrogens with one attached hydrogen (secondary N) is 1. The first-order valence-electron chi connectivity index (χ1n) is 8.11. The van der Waals surface area contributed by atoms with Crippen LogP contribution in [0.15, 0.2) is 22.9 Å². The van der Waals surface area contributed by atoms with Crippen LogP contribution in [0.2, 0.25) is 0 Å². The van der Waals surface area contributed by atoms with E-state index in [1.165, 1.54) is 12.3 Å². The van der Waals surface area contributed by atoms with Crippen LogP contribution in [0.3, 0.4) is 0 Å². The van der Waals surface area contributed by atoms with E-state index >= 15 is 0 Å². The lowest BCUT2D eigenvalue weighted by Crippen LogP contribution is -2.32. The largest absolute Gasteiger partial charge is 0.365 e. The zero-order valence-corrected chi connectivity index (χ0v) is 14.1. The van der Waals surface area contributed by atoms with Crippen molar-refractivity contribution in [3.05, 3.63) is 45.5 Å². The van der Waals surface area contributed by atoms with E-state index in [-0.39, 0.29) is 17.6 Å². The van der Waals surface area contributed by atoms with Gasteiger partial charge in [-0.3, -0.25) is 14.9 Å². The van der Waals surface area contributed by atoms with Crippen molar-refractivity contribution < 1.29 is 14.2 Å². The highest BCUT2D eigenvalue weighted by Crippen LogP contribution is 2.22. The van der Waals surface area contributed by atoms with Gasteiger partial charge in [0.1, 0.15) is 23.3 Å². The Hall–Kier alpha value is -2.97. The Labute approximate surface area is 144 Å². The number of aryl methyl sites for hydroxylation is 2. The smallest absolute Gasteiger partial charge is 0.287 e. The van der Waals surface area contributed by atoms with Gasteiger partial charge in [0.15, 0.2) is 0 Å². The molecular weight excluding hydrogens is 326 g/mol. The van der Waals surface area contributed by atoms with Crippen molar-refractivity contribution >= 4 is 17.4 Å². The standard InChI is InChI=1S/C16H19N5O4/c1-3-13-15(10(2)19-25-13)16(22)20-7-6-11(9-20)18-14-5-4-12(8-17-14)21(23)24/h4-5,8,11H,3,6-7,9H2,1-2H3,(H,17,18)/t11-/m0/s1. The SMILES string of the molecule is CCc1onc(C)c1C(=O)N1CC[C@H](Nc2ccc([N+](=O)[O-])cn2)C1. The van der Waals surface area contributed by atoms with Crippen LogP contribution in [0.1, 0.15) is 35.2 Å². The van der Waals surface area contributed by atoms with Gasteiger partial charge in [0.25, 0.3) is 11.6 Å². The maximum atomic E-state index is 12.7. The van der Waals surface area contributed by atoms with Gasteiger partial charge in [-0.2, -0.15) is 0 Å². The van der Waals surface area contributed by atoms with Crippen LogP contribution in [-0.2, 0) is 6.42 Å². The first-order chi connectivity index (χ1) is 12.0. The maximum absolute atomic E-state index is 12.7. The van der Waals surface area contributed by atoms with E-state index < -0.39 is 4.92 Å². The molecule has 2 aromatic rings. The number of carbonyl (C=O) groups is 1. The fraction of sp³-hybridized carbons (Fsp3) is 0.438. The molecule has 0 aromatic carbocycles. The summed E-state index contributed by atoms with van der Waals surface area (Å²) in [5.74, 6) is 1.09. The van der Waals surface area contributed by atoms with Crippen LogP contribution < -0.4 is 5.32 Å². The third kappa shape index (κ3) is 3.44. The molecule has 1 atom stereocenters. The molecule has 0 radical (unpaired) electrons. The van der Waals surface area contributed by atoms with Gasteiger partial charge >= 0.3 is 0 Å². The first kappa shape index (κ1) is 16.9. The van der Waals surface area contributed by atoms with Crippen LogP contribution >= 0.6 is 0 Å². The minimum absolute atomic E-state index is 0.0446. The molecule has 0 bridgehead atoms. The molecule has 0 aliphatic carbocycles. The predicted octanol–water partition coefficient (Wildman–Crippen LogP) is 2.18. The Kier molecular flexibility index (Phi) is 4.64. The van der Waals surface area contributed by atoms with Crippen LogP contribution in [0.4, 0.5) is 11.5 Å². The molecule has 1 fully saturated rings. The van der Waals surface area contributed by atoms with E-state index in [1.807, 2.05) is 6.92 Å². The normalized spacial score (nSPS) is 16.9. The van der Waals surface area contributed by atoms with Gasteiger partial charge in [-0.15, -0.1) is 0 Å². The summed E-state index contributed by atoms with van der Waals surface area (Å²) in [4.78, 5) is 28.7. The van der Waals surface area contributed by atoms with Crippen molar-refractivity contribution in [1.82, 2.24) is 15.0 Å². The zero-order chi connectivity index (χ0) is 18.0. The number of aromatic nitrogens is 2. The predicted molar refractivity (Wildman–Crippen MR) is 89.4 cm³/mol. The third-order valence-corrected chi connectivity index (χ3v) is 4.25. The second-order valence-electron chi connectivity index (χ2n) is 5.96. The molecule has 1 amide bonds. The molecule has 0 unspecified atom stereocenters. The Morgan fingerprint density at radius 2 is 2.32 bits per heavy atom. The lowest BCUT2D eigenvalue weighted by molar-refractivity contribution is -0.385. The topological polar surface area (TPSA) is 114 Å². The zero-order valence-electron chi connectivity index (χ0n) is 14.1. The van der Waals surface area contributed by atoms with Gasteiger partial charge in [-0.25, -0.2) is 4.98 Å². The highest BCUT2D eigenvalue weighted by Gasteiger charge is 2.30. The Morgan fingerprint density at radius 3 is 2.96 bits per heavy atom. The molecule has 3 heterocycles. The highest BCUT2D eigenvalue weighted by molar-refractivity contribution is 5.96. The van der Waals surface area contributed by atoms with E-state index in [1.54, 1.807) is 17.9 Å². The number of nitro groups is 1. The number of pyridine rings is 1. The van der Waals surface area contributed by atoms with Crippen LogP contribution in [0.25, 0.3) is 0 Å². The van der Waals surface area contributed by atoms with Crippen LogP contribution in [-0.4, -0.2) is 45.0 Å². The molecule has 0 saturated carbocycles. The van der Waals surface area contributed by atoms with Gasteiger partial charge in [-0.05, 0) is 19.4 Å². The summed E-state index contributed by atoms with van der Waals surface area (Å²) in [6.07, 6.45) is 2.61. The number of likely N-dealkylation sites (tertiary alicyclic amines) is 1. The lowest BCUT2D eigenvalue weighted by Gasteiger charge is -2.17. The van der Waals surface area contributed by atoms with E-state index in [4.69, 9.17) is 4.52 Å². The van der Waals surface area contributed by atoms with Crippen LogP contribution in [0.5, 0.6) is 0 Å². The molecule has 1 aliphatic heterocycles. The number of hydrogen-bond acceptors (Lipinski definition) is 7. The molecule has 1 saturated heterocycles. The quantitative estimate of drug-likeness (QED) is 0.652. The third-order valence-electron chi connectivity index (χ3n) is 4.25. The van der Waals surface area contributed by atoms with Crippen molar-refractivity contribution in [3.8, 4) is 0 Å². The maximum Gasteiger partial charge on any atom is 0.287 e. The molecule has 3 rings (SSSR count). The summed E-state index contributed by atoms with van der Waals surface area (Å²) < 4.78 is 5.20. The molecule has 9 nitrogen and oxygen atoms in total. The van der Waals surface area contributed by atoms with Gasteiger partial charge < -0.3 is 14.7 Å². The Balaban J connectivity index is 1.64. The van der Waals surface area contributed by atoms with Gasteiger partial charge in [0.2, 0.25) is 0 Å². The fourth-order valence-electron chi connectivity index (χ4n) is 2.94. The van der Waals surface area contributed by atoms with E-state index in [0.29, 0.717) is 42.3 Å². The highest BCUT2D eigenvalue weighted by atomic mass is 16.6. The minimum atomic E-state index is -0.487. The first-order valence-corrected chi connectivity index (χ1v) is 8.11. The van der Waals surface area contributed by atoms with Crippen molar-refractivity contribution in [2.75, 3.05) is 18.4 Å². The number of nitrogens with zero attached hydrogens (tertiary/aromatic N) is 4. The average molecular weight is 345 g/mol. The molecule has 25 heavy (non-hydrogen) atoms. The molecule has 132 valence electrons. The molecule has 2 aromatic heterocycles. The summed E-state index contributed by atoms with van der Waals surface area (Å²) in [6.45, 7) is 4.84. The second-order valence-corrected chi connectivity index (χ2v) is 5.96. The number of amides is 1. The lowest BCUT2D eigenvalue weighted by atomic mass is 10.1. The average Bonchev–Trinajstić information content (AvgIpc) is 3.21. The summed E-state index contributed by atoms with van der Waals surface area (Å²) >= 11 is 0. The second kappa shape index (κ2) is 6.88. The Bertz CT molecular complexity index is 786. The van der Waals surface area contributed by atoms with Gasteiger partial charge in [-0.1, -0.05) is 12.1 Å². The summed E-state index contributed by atoms with van der Waals surface area (Å²) in [6, 6.07) is 3.02. The molecule has 1 N–H and O–H groups in total. The molecule has 1 aliphatic rings. The van der Waals surface area contributed by atoms with Crippen molar-refractivity contribution in [1.29, 1.82) is 0 Å². The van der Waals surface area contributed by atoms with E-state index in [2.05, 4.69) is 15.5 Å². The number of hydrogen-bond donors (Lipinski definition) is 1. The number of rotatable bonds is 5. The number of carbonyl (C=O) groups excluding carboxylic acids is 1. The fourth-order valence-corrected chi connectivity index (χ4v) is 2.94. The van der Waals surface area contributed by atoms with E-state index in [9.17, 15) is 14.9 Å².